The minimum absolute atomic E-state index is 0.187. The van der Waals surface area contributed by atoms with Crippen LogP contribution in [0.3, 0.4) is 0 Å². The molecular weight excluding hydrogens is 314 g/mol. The molecule has 6 heteroatoms. The second kappa shape index (κ2) is 6.24. The fourth-order valence-electron chi connectivity index (χ4n) is 2.76. The van der Waals surface area contributed by atoms with Crippen molar-refractivity contribution in [2.45, 2.75) is 13.5 Å². The number of rotatable bonds is 4. The quantitative estimate of drug-likeness (QED) is 0.603. The predicted molar refractivity (Wildman–Crippen MR) is 95.6 cm³/mol. The van der Waals surface area contributed by atoms with Gasteiger partial charge in [0.05, 0.1) is 11.2 Å². The fraction of sp³-hybridized carbons (Fsp3) is 0.105. The summed E-state index contributed by atoms with van der Waals surface area (Å²) in [6.07, 6.45) is 3.63. The van der Waals surface area contributed by atoms with E-state index in [1.54, 1.807) is 10.9 Å². The standard InChI is InChI=1S/C19H17N5O/c1-13-3-8-17-16(11-13)18(23-22-17)19(25)20-12-14-4-6-15(7-5-14)24-10-2-9-21-24/h2-11H,12H2,1H3,(H,20,25)(H,22,23). The summed E-state index contributed by atoms with van der Waals surface area (Å²) in [7, 11) is 0. The maximum absolute atomic E-state index is 12.5. The van der Waals surface area contributed by atoms with E-state index in [1.165, 1.54) is 0 Å². The molecule has 0 aliphatic heterocycles. The van der Waals surface area contributed by atoms with Gasteiger partial charge in [-0.1, -0.05) is 23.8 Å². The molecular formula is C19H17N5O. The summed E-state index contributed by atoms with van der Waals surface area (Å²) < 4.78 is 1.79. The Kier molecular flexibility index (Phi) is 3.78. The number of aromatic amines is 1. The molecule has 0 aliphatic rings. The van der Waals surface area contributed by atoms with Crippen LogP contribution in [0.15, 0.2) is 60.9 Å². The van der Waals surface area contributed by atoms with Crippen LogP contribution in [0.4, 0.5) is 0 Å². The van der Waals surface area contributed by atoms with E-state index in [-0.39, 0.29) is 5.91 Å². The largest absolute Gasteiger partial charge is 0.347 e. The first-order chi connectivity index (χ1) is 12.2. The van der Waals surface area contributed by atoms with E-state index in [0.29, 0.717) is 12.2 Å². The first-order valence-corrected chi connectivity index (χ1v) is 8.02. The van der Waals surface area contributed by atoms with Gasteiger partial charge in [0.15, 0.2) is 5.69 Å². The Bertz CT molecular complexity index is 1020. The van der Waals surface area contributed by atoms with Crippen molar-refractivity contribution >= 4 is 16.8 Å². The Morgan fingerprint density at radius 3 is 2.80 bits per heavy atom. The lowest BCUT2D eigenvalue weighted by Crippen LogP contribution is -2.23. The van der Waals surface area contributed by atoms with Crippen molar-refractivity contribution in [2.24, 2.45) is 0 Å². The van der Waals surface area contributed by atoms with Crippen LogP contribution in [-0.4, -0.2) is 25.9 Å². The Hall–Kier alpha value is -3.41. The molecule has 0 radical (unpaired) electrons. The molecule has 4 aromatic rings. The Morgan fingerprint density at radius 2 is 2.04 bits per heavy atom. The topological polar surface area (TPSA) is 75.6 Å². The number of aromatic nitrogens is 4. The van der Waals surface area contributed by atoms with Crippen LogP contribution in [0.5, 0.6) is 0 Å². The predicted octanol–water partition coefficient (Wildman–Crippen LogP) is 2.99. The highest BCUT2D eigenvalue weighted by Gasteiger charge is 2.13. The summed E-state index contributed by atoms with van der Waals surface area (Å²) >= 11 is 0. The molecule has 124 valence electrons. The molecule has 2 heterocycles. The van der Waals surface area contributed by atoms with Crippen molar-refractivity contribution < 1.29 is 4.79 Å². The normalized spacial score (nSPS) is 10.9. The number of fused-ring (bicyclic) bond motifs is 1. The zero-order valence-corrected chi connectivity index (χ0v) is 13.7. The molecule has 6 nitrogen and oxygen atoms in total. The van der Waals surface area contributed by atoms with Gasteiger partial charge < -0.3 is 5.32 Å². The number of amides is 1. The Balaban J connectivity index is 1.47. The molecule has 0 unspecified atom stereocenters. The molecule has 0 bridgehead atoms. The molecule has 2 aromatic carbocycles. The van der Waals surface area contributed by atoms with Gasteiger partial charge in [-0.15, -0.1) is 0 Å². The molecule has 1 amide bonds. The smallest absolute Gasteiger partial charge is 0.272 e. The molecule has 4 rings (SSSR count). The van der Waals surface area contributed by atoms with E-state index in [9.17, 15) is 4.79 Å². The lowest BCUT2D eigenvalue weighted by atomic mass is 10.1. The maximum atomic E-state index is 12.5. The number of carbonyl (C=O) groups excluding carboxylic acids is 1. The third-order valence-corrected chi connectivity index (χ3v) is 4.09. The van der Waals surface area contributed by atoms with Gasteiger partial charge in [0, 0.05) is 24.3 Å². The van der Waals surface area contributed by atoms with Crippen LogP contribution in [0, 0.1) is 6.92 Å². The zero-order valence-electron chi connectivity index (χ0n) is 13.7. The monoisotopic (exact) mass is 331 g/mol. The molecule has 0 spiro atoms. The van der Waals surface area contributed by atoms with Crippen LogP contribution in [-0.2, 0) is 6.54 Å². The number of aryl methyl sites for hydroxylation is 1. The summed E-state index contributed by atoms with van der Waals surface area (Å²) in [6, 6.07) is 15.7. The first kappa shape index (κ1) is 15.1. The van der Waals surface area contributed by atoms with E-state index < -0.39 is 0 Å². The van der Waals surface area contributed by atoms with Gasteiger partial charge in [0.1, 0.15) is 0 Å². The summed E-state index contributed by atoms with van der Waals surface area (Å²) in [5.41, 5.74) is 4.37. The molecule has 0 aliphatic carbocycles. The third-order valence-electron chi connectivity index (χ3n) is 4.09. The van der Waals surface area contributed by atoms with E-state index in [4.69, 9.17) is 0 Å². The maximum Gasteiger partial charge on any atom is 0.272 e. The molecule has 2 aromatic heterocycles. The minimum Gasteiger partial charge on any atom is -0.347 e. The lowest BCUT2D eigenvalue weighted by Gasteiger charge is -2.06. The highest BCUT2D eigenvalue weighted by atomic mass is 16.1. The molecule has 0 atom stereocenters. The number of nitrogens with one attached hydrogen (secondary N) is 2. The number of benzene rings is 2. The molecule has 2 N–H and O–H groups in total. The highest BCUT2D eigenvalue weighted by molar-refractivity contribution is 6.04. The van der Waals surface area contributed by atoms with Crippen molar-refractivity contribution in [3.63, 3.8) is 0 Å². The van der Waals surface area contributed by atoms with Crippen LogP contribution in [0.1, 0.15) is 21.6 Å². The van der Waals surface area contributed by atoms with E-state index in [0.717, 1.165) is 27.7 Å². The summed E-state index contributed by atoms with van der Waals surface area (Å²) in [5, 5.41) is 15.0. The third kappa shape index (κ3) is 3.01. The average Bonchev–Trinajstić information content (AvgIpc) is 3.29. The first-order valence-electron chi connectivity index (χ1n) is 8.02. The van der Waals surface area contributed by atoms with Crippen molar-refractivity contribution in [3.8, 4) is 5.69 Å². The fourth-order valence-corrected chi connectivity index (χ4v) is 2.76. The van der Waals surface area contributed by atoms with E-state index in [2.05, 4.69) is 20.6 Å². The highest BCUT2D eigenvalue weighted by Crippen LogP contribution is 2.17. The van der Waals surface area contributed by atoms with Crippen LogP contribution in [0.2, 0.25) is 0 Å². The Morgan fingerprint density at radius 1 is 1.20 bits per heavy atom. The van der Waals surface area contributed by atoms with E-state index in [1.807, 2.05) is 61.7 Å². The van der Waals surface area contributed by atoms with Gasteiger partial charge in [-0.2, -0.15) is 10.2 Å². The van der Waals surface area contributed by atoms with E-state index >= 15 is 0 Å². The van der Waals surface area contributed by atoms with Crippen LogP contribution >= 0.6 is 0 Å². The van der Waals surface area contributed by atoms with Crippen LogP contribution < -0.4 is 5.32 Å². The zero-order chi connectivity index (χ0) is 17.2. The number of hydrogen-bond donors (Lipinski definition) is 2. The lowest BCUT2D eigenvalue weighted by molar-refractivity contribution is 0.0947. The summed E-state index contributed by atoms with van der Waals surface area (Å²) in [5.74, 6) is -0.187. The van der Waals surface area contributed by atoms with Crippen LogP contribution in [0.25, 0.3) is 16.6 Å². The average molecular weight is 331 g/mol. The van der Waals surface area contributed by atoms with Gasteiger partial charge >= 0.3 is 0 Å². The molecule has 25 heavy (non-hydrogen) atoms. The second-order valence-corrected chi connectivity index (χ2v) is 5.92. The van der Waals surface area contributed by atoms with Gasteiger partial charge in [-0.25, -0.2) is 4.68 Å². The van der Waals surface area contributed by atoms with Gasteiger partial charge in [-0.3, -0.25) is 9.89 Å². The molecule has 0 fully saturated rings. The van der Waals surface area contributed by atoms with Gasteiger partial charge in [0.2, 0.25) is 0 Å². The van der Waals surface area contributed by atoms with Crippen molar-refractivity contribution in [1.82, 2.24) is 25.3 Å². The minimum atomic E-state index is -0.187. The Labute approximate surface area is 144 Å². The van der Waals surface area contributed by atoms with Gasteiger partial charge in [-0.05, 0) is 42.8 Å². The van der Waals surface area contributed by atoms with Crippen molar-refractivity contribution in [1.29, 1.82) is 0 Å². The van der Waals surface area contributed by atoms with Gasteiger partial charge in [0.25, 0.3) is 5.91 Å². The summed E-state index contributed by atoms with van der Waals surface area (Å²) in [4.78, 5) is 12.5. The number of H-pyrrole nitrogens is 1. The second-order valence-electron chi connectivity index (χ2n) is 5.92. The van der Waals surface area contributed by atoms with Crippen molar-refractivity contribution in [3.05, 3.63) is 77.7 Å². The number of carbonyl (C=O) groups is 1. The van der Waals surface area contributed by atoms with Crippen molar-refractivity contribution in [2.75, 3.05) is 0 Å². The number of hydrogen-bond acceptors (Lipinski definition) is 3. The SMILES string of the molecule is Cc1ccc2[nH]nc(C(=O)NCc3ccc(-n4cccn4)cc3)c2c1. The summed E-state index contributed by atoms with van der Waals surface area (Å²) in [6.45, 7) is 2.44. The number of nitrogens with zero attached hydrogens (tertiary/aromatic N) is 3. The molecule has 0 saturated carbocycles. The molecule has 0 saturated heterocycles.